The van der Waals surface area contributed by atoms with Crippen LogP contribution in [0.5, 0.6) is 0 Å². The zero-order chi connectivity index (χ0) is 22.9. The molecular formula is C27H30N4O2. The molecule has 2 aromatic carbocycles. The second-order valence-corrected chi connectivity index (χ2v) is 9.51. The molecule has 0 spiro atoms. The maximum Gasteiger partial charge on any atom is 0.246 e. The lowest BCUT2D eigenvalue weighted by molar-refractivity contribution is -0.136. The Morgan fingerprint density at radius 2 is 1.61 bits per heavy atom. The number of rotatable bonds is 8. The standard InChI is InChI=1S/C27H30N4O2/c1-18-3-9-21(10-4-18)24-16-31(23-13-5-19(2)6-14-23)27(28-24)29-25(32)17-30(15-20-7-8-20)26(33)22-11-12-22/h3-6,9-10,13-14,16,20,22H,7-8,11-12,15,17H2,1-2H3,(H,28,29,32). The van der Waals surface area contributed by atoms with Gasteiger partial charge in [0.1, 0.15) is 0 Å². The smallest absolute Gasteiger partial charge is 0.246 e. The van der Waals surface area contributed by atoms with E-state index in [1.165, 1.54) is 5.56 Å². The van der Waals surface area contributed by atoms with Gasteiger partial charge in [-0.3, -0.25) is 19.5 Å². The number of hydrogen-bond acceptors (Lipinski definition) is 3. The second kappa shape index (κ2) is 8.85. The molecule has 0 unspecified atom stereocenters. The summed E-state index contributed by atoms with van der Waals surface area (Å²) in [5, 5.41) is 2.98. The Morgan fingerprint density at radius 1 is 0.970 bits per heavy atom. The molecule has 1 N–H and O–H groups in total. The first-order valence-electron chi connectivity index (χ1n) is 11.8. The van der Waals surface area contributed by atoms with Crippen LogP contribution in [0.1, 0.15) is 36.8 Å². The number of amides is 2. The molecule has 2 aliphatic carbocycles. The molecule has 2 fully saturated rings. The summed E-state index contributed by atoms with van der Waals surface area (Å²) in [6.07, 6.45) is 6.13. The summed E-state index contributed by atoms with van der Waals surface area (Å²) in [6.45, 7) is 4.86. The average molecular weight is 443 g/mol. The van der Waals surface area contributed by atoms with Gasteiger partial charge in [-0.15, -0.1) is 0 Å². The Balaban J connectivity index is 1.40. The van der Waals surface area contributed by atoms with Crippen molar-refractivity contribution in [3.8, 4) is 16.9 Å². The molecule has 1 heterocycles. The van der Waals surface area contributed by atoms with E-state index in [0.29, 0.717) is 18.4 Å². The van der Waals surface area contributed by atoms with Crippen LogP contribution < -0.4 is 5.32 Å². The SMILES string of the molecule is Cc1ccc(-c2cn(-c3ccc(C)cc3)c(NC(=O)CN(CC3CC3)C(=O)C3CC3)n2)cc1. The molecule has 0 radical (unpaired) electrons. The molecule has 6 heteroatoms. The summed E-state index contributed by atoms with van der Waals surface area (Å²) >= 11 is 0. The van der Waals surface area contributed by atoms with Crippen molar-refractivity contribution in [1.82, 2.24) is 14.5 Å². The molecule has 33 heavy (non-hydrogen) atoms. The van der Waals surface area contributed by atoms with Gasteiger partial charge < -0.3 is 4.90 Å². The number of aromatic nitrogens is 2. The van der Waals surface area contributed by atoms with E-state index in [9.17, 15) is 9.59 Å². The minimum atomic E-state index is -0.209. The predicted molar refractivity (Wildman–Crippen MR) is 129 cm³/mol. The number of nitrogens with zero attached hydrogens (tertiary/aromatic N) is 3. The van der Waals surface area contributed by atoms with E-state index in [1.54, 1.807) is 4.90 Å². The molecule has 0 aliphatic heterocycles. The van der Waals surface area contributed by atoms with E-state index in [-0.39, 0.29) is 24.3 Å². The number of imidazole rings is 1. The van der Waals surface area contributed by atoms with Crippen molar-refractivity contribution in [3.63, 3.8) is 0 Å². The van der Waals surface area contributed by atoms with Crippen LogP contribution in [-0.4, -0.2) is 39.4 Å². The molecule has 6 nitrogen and oxygen atoms in total. The largest absolute Gasteiger partial charge is 0.333 e. The van der Waals surface area contributed by atoms with Gasteiger partial charge in [-0.25, -0.2) is 4.98 Å². The molecule has 2 saturated carbocycles. The van der Waals surface area contributed by atoms with E-state index < -0.39 is 0 Å². The fourth-order valence-corrected chi connectivity index (χ4v) is 4.00. The summed E-state index contributed by atoms with van der Waals surface area (Å²) in [6, 6.07) is 16.3. The van der Waals surface area contributed by atoms with Gasteiger partial charge in [0, 0.05) is 29.9 Å². The fraction of sp³-hybridized carbons (Fsp3) is 0.370. The third-order valence-electron chi connectivity index (χ3n) is 6.36. The molecule has 5 rings (SSSR count). The van der Waals surface area contributed by atoms with Crippen molar-refractivity contribution >= 4 is 17.8 Å². The normalized spacial score (nSPS) is 15.3. The number of nitrogens with one attached hydrogen (secondary N) is 1. The average Bonchev–Trinajstić information content (AvgIpc) is 3.73. The monoisotopic (exact) mass is 442 g/mol. The van der Waals surface area contributed by atoms with E-state index in [4.69, 9.17) is 4.98 Å². The third-order valence-corrected chi connectivity index (χ3v) is 6.36. The van der Waals surface area contributed by atoms with Crippen LogP contribution in [0.25, 0.3) is 16.9 Å². The lowest BCUT2D eigenvalue weighted by atomic mass is 10.1. The van der Waals surface area contributed by atoms with Gasteiger partial charge in [0.25, 0.3) is 0 Å². The molecule has 0 bridgehead atoms. The van der Waals surface area contributed by atoms with Crippen LogP contribution in [0, 0.1) is 25.7 Å². The summed E-state index contributed by atoms with van der Waals surface area (Å²) in [7, 11) is 0. The first-order chi connectivity index (χ1) is 16.0. The Hall–Kier alpha value is -3.41. The zero-order valence-electron chi connectivity index (χ0n) is 19.3. The summed E-state index contributed by atoms with van der Waals surface area (Å²) < 4.78 is 1.90. The zero-order valence-corrected chi connectivity index (χ0v) is 19.3. The van der Waals surface area contributed by atoms with Gasteiger partial charge in [0.2, 0.25) is 17.8 Å². The van der Waals surface area contributed by atoms with Gasteiger partial charge in [0.15, 0.2) is 0 Å². The second-order valence-electron chi connectivity index (χ2n) is 9.51. The van der Waals surface area contributed by atoms with Gasteiger partial charge in [0.05, 0.1) is 12.2 Å². The van der Waals surface area contributed by atoms with Gasteiger partial charge >= 0.3 is 0 Å². The van der Waals surface area contributed by atoms with Crippen LogP contribution in [0.4, 0.5) is 5.95 Å². The third kappa shape index (κ3) is 5.16. The van der Waals surface area contributed by atoms with Crippen molar-refractivity contribution in [3.05, 3.63) is 65.9 Å². The van der Waals surface area contributed by atoms with Crippen molar-refractivity contribution in [2.75, 3.05) is 18.4 Å². The first-order valence-corrected chi connectivity index (χ1v) is 11.8. The summed E-state index contributed by atoms with van der Waals surface area (Å²) in [5.41, 5.74) is 5.04. The molecule has 2 amide bonds. The van der Waals surface area contributed by atoms with Crippen LogP contribution in [-0.2, 0) is 9.59 Å². The minimum Gasteiger partial charge on any atom is -0.333 e. The fourth-order valence-electron chi connectivity index (χ4n) is 4.00. The topological polar surface area (TPSA) is 67.2 Å². The van der Waals surface area contributed by atoms with Crippen molar-refractivity contribution in [2.24, 2.45) is 11.8 Å². The molecule has 3 aromatic rings. The highest BCUT2D eigenvalue weighted by Crippen LogP contribution is 2.34. The molecule has 0 atom stereocenters. The molecule has 170 valence electrons. The van der Waals surface area contributed by atoms with Gasteiger partial charge in [-0.2, -0.15) is 0 Å². The summed E-state index contributed by atoms with van der Waals surface area (Å²) in [4.78, 5) is 32.3. The van der Waals surface area contributed by atoms with E-state index in [1.807, 2.05) is 54.1 Å². The Labute approximate surface area is 194 Å². The quantitative estimate of drug-likeness (QED) is 0.548. The Morgan fingerprint density at radius 3 is 2.21 bits per heavy atom. The maximum absolute atomic E-state index is 13.0. The highest BCUT2D eigenvalue weighted by atomic mass is 16.2. The Bertz CT molecular complexity index is 1160. The highest BCUT2D eigenvalue weighted by molar-refractivity contribution is 5.94. The summed E-state index contributed by atoms with van der Waals surface area (Å²) in [5.74, 6) is 1.03. The van der Waals surface area contributed by atoms with E-state index in [2.05, 4.69) is 24.4 Å². The first kappa shape index (κ1) is 21.4. The van der Waals surface area contributed by atoms with E-state index >= 15 is 0 Å². The molecule has 0 saturated heterocycles. The predicted octanol–water partition coefficient (Wildman–Crippen LogP) is 4.74. The van der Waals surface area contributed by atoms with Gasteiger partial charge in [-0.1, -0.05) is 47.5 Å². The van der Waals surface area contributed by atoms with Crippen LogP contribution in [0.15, 0.2) is 54.7 Å². The molecular weight excluding hydrogens is 412 g/mol. The Kier molecular flexibility index (Phi) is 5.75. The highest BCUT2D eigenvalue weighted by Gasteiger charge is 2.36. The van der Waals surface area contributed by atoms with Crippen molar-refractivity contribution in [1.29, 1.82) is 0 Å². The van der Waals surface area contributed by atoms with E-state index in [0.717, 1.165) is 48.2 Å². The number of carbonyl (C=O) groups excluding carboxylic acids is 2. The molecule has 1 aromatic heterocycles. The van der Waals surface area contributed by atoms with Gasteiger partial charge in [-0.05, 0) is 57.6 Å². The number of hydrogen-bond donors (Lipinski definition) is 1. The van der Waals surface area contributed by atoms with Crippen LogP contribution >= 0.6 is 0 Å². The van der Waals surface area contributed by atoms with Crippen LogP contribution in [0.3, 0.4) is 0 Å². The lowest BCUT2D eigenvalue weighted by Gasteiger charge is -2.22. The number of benzene rings is 2. The van der Waals surface area contributed by atoms with Crippen LogP contribution in [0.2, 0.25) is 0 Å². The minimum absolute atomic E-state index is 0.0758. The maximum atomic E-state index is 13.0. The number of aryl methyl sites for hydroxylation is 2. The van der Waals surface area contributed by atoms with Crippen molar-refractivity contribution < 1.29 is 9.59 Å². The molecule has 2 aliphatic rings. The number of carbonyl (C=O) groups is 2. The number of anilines is 1. The van der Waals surface area contributed by atoms with Crippen molar-refractivity contribution in [2.45, 2.75) is 39.5 Å². The lowest BCUT2D eigenvalue weighted by Crippen LogP contribution is -2.40.